The highest BCUT2D eigenvalue weighted by atomic mass is 32.2. The molecule has 1 saturated carbocycles. The number of hydrogen-bond acceptors (Lipinski definition) is 6. The number of esters is 1. The molecule has 0 amide bonds. The zero-order valence-electron chi connectivity index (χ0n) is 11.9. The summed E-state index contributed by atoms with van der Waals surface area (Å²) in [7, 11) is -3.75. The predicted molar refractivity (Wildman–Crippen MR) is 76.6 cm³/mol. The summed E-state index contributed by atoms with van der Waals surface area (Å²) in [4.78, 5) is 21.3. The number of non-ortho nitro benzene ring substituents is 1. The van der Waals surface area contributed by atoms with Crippen LogP contribution in [0.5, 0.6) is 0 Å². The van der Waals surface area contributed by atoms with E-state index in [1.165, 1.54) is 12.1 Å². The molecule has 0 spiro atoms. The zero-order chi connectivity index (χ0) is 16.3. The van der Waals surface area contributed by atoms with Gasteiger partial charge in [-0.2, -0.15) is 0 Å². The summed E-state index contributed by atoms with van der Waals surface area (Å²) in [5, 5.41) is 10.5. The Kier molecular flexibility index (Phi) is 4.77. The van der Waals surface area contributed by atoms with Crippen molar-refractivity contribution < 1.29 is 22.9 Å². The number of nitro benzene ring substituents is 1. The van der Waals surface area contributed by atoms with Crippen LogP contribution in [0.2, 0.25) is 0 Å². The van der Waals surface area contributed by atoms with Crippen LogP contribution < -0.4 is 4.72 Å². The fourth-order valence-electron chi connectivity index (χ4n) is 2.20. The zero-order valence-corrected chi connectivity index (χ0v) is 12.7. The van der Waals surface area contributed by atoms with Crippen LogP contribution in [0.25, 0.3) is 0 Å². The minimum atomic E-state index is -3.75. The van der Waals surface area contributed by atoms with Gasteiger partial charge in [-0.25, -0.2) is 13.1 Å². The molecule has 0 radical (unpaired) electrons. The maximum Gasteiger partial charge on any atom is 0.309 e. The molecule has 0 aliphatic heterocycles. The maximum absolute atomic E-state index is 12.1. The van der Waals surface area contributed by atoms with Gasteiger partial charge in [-0.05, 0) is 31.9 Å². The van der Waals surface area contributed by atoms with Crippen LogP contribution in [0.1, 0.15) is 19.8 Å². The van der Waals surface area contributed by atoms with Gasteiger partial charge in [0.2, 0.25) is 10.0 Å². The topological polar surface area (TPSA) is 116 Å². The summed E-state index contributed by atoms with van der Waals surface area (Å²) in [5.74, 6) is -0.585. The molecule has 0 heterocycles. The van der Waals surface area contributed by atoms with Gasteiger partial charge in [0.1, 0.15) is 0 Å². The van der Waals surface area contributed by atoms with Crippen molar-refractivity contribution in [3.63, 3.8) is 0 Å². The third kappa shape index (κ3) is 3.60. The van der Waals surface area contributed by atoms with Crippen LogP contribution in [0, 0.1) is 16.0 Å². The van der Waals surface area contributed by atoms with Gasteiger partial charge < -0.3 is 4.74 Å². The Morgan fingerprint density at radius 2 is 1.95 bits per heavy atom. The number of nitrogens with zero attached hydrogens (tertiary/aromatic N) is 1. The summed E-state index contributed by atoms with van der Waals surface area (Å²) in [6, 6.07) is 4.31. The third-order valence-corrected chi connectivity index (χ3v) is 4.97. The number of carbonyl (C=O) groups is 1. The van der Waals surface area contributed by atoms with Gasteiger partial charge in [0.15, 0.2) is 0 Å². The Morgan fingerprint density at radius 3 is 2.45 bits per heavy atom. The van der Waals surface area contributed by atoms with Crippen LogP contribution in [0.15, 0.2) is 29.2 Å². The minimum absolute atomic E-state index is 0.0438. The van der Waals surface area contributed by atoms with Gasteiger partial charge in [0, 0.05) is 18.2 Å². The fourth-order valence-corrected chi connectivity index (χ4v) is 3.46. The second-order valence-corrected chi connectivity index (χ2v) is 6.70. The Balaban J connectivity index is 1.95. The Bertz CT molecular complexity index is 664. The Hall–Kier alpha value is -2.00. The highest BCUT2D eigenvalue weighted by molar-refractivity contribution is 7.89. The lowest BCUT2D eigenvalue weighted by molar-refractivity contribution is -0.384. The summed E-state index contributed by atoms with van der Waals surface area (Å²) in [6.07, 6.45) is 0.788. The van der Waals surface area contributed by atoms with Gasteiger partial charge in [-0.3, -0.25) is 14.9 Å². The molecular weight excluding hydrogens is 312 g/mol. The van der Waals surface area contributed by atoms with E-state index in [9.17, 15) is 23.3 Å². The first-order valence-corrected chi connectivity index (χ1v) is 8.25. The lowest BCUT2D eigenvalue weighted by Crippen LogP contribution is -2.47. The second-order valence-electron chi connectivity index (χ2n) is 4.99. The van der Waals surface area contributed by atoms with E-state index in [0.29, 0.717) is 19.4 Å². The van der Waals surface area contributed by atoms with E-state index in [1.54, 1.807) is 6.92 Å². The summed E-state index contributed by atoms with van der Waals surface area (Å²) in [5.41, 5.74) is -0.176. The van der Waals surface area contributed by atoms with Gasteiger partial charge in [-0.15, -0.1) is 0 Å². The van der Waals surface area contributed by atoms with Crippen molar-refractivity contribution >= 4 is 21.7 Å². The molecule has 1 aliphatic rings. The summed E-state index contributed by atoms with van der Waals surface area (Å²) >= 11 is 0. The molecule has 0 unspecified atom stereocenters. The molecule has 1 fully saturated rings. The number of carbonyl (C=O) groups excluding carboxylic acids is 1. The van der Waals surface area contributed by atoms with Crippen molar-refractivity contribution in [1.82, 2.24) is 4.72 Å². The van der Waals surface area contributed by atoms with E-state index in [-0.39, 0.29) is 28.5 Å². The highest BCUT2D eigenvalue weighted by Gasteiger charge is 2.37. The molecule has 120 valence electrons. The molecule has 0 atom stereocenters. The predicted octanol–water partition coefficient (Wildman–Crippen LogP) is 1.21. The largest absolute Gasteiger partial charge is 0.466 e. The molecular formula is C13H16N2O6S. The molecule has 9 heteroatoms. The van der Waals surface area contributed by atoms with Crippen molar-refractivity contribution in [3.8, 4) is 0 Å². The van der Waals surface area contributed by atoms with Crippen molar-refractivity contribution in [1.29, 1.82) is 0 Å². The second kappa shape index (κ2) is 6.41. The van der Waals surface area contributed by atoms with E-state index < -0.39 is 14.9 Å². The smallest absolute Gasteiger partial charge is 0.309 e. The number of nitrogens with one attached hydrogen (secondary N) is 1. The monoisotopic (exact) mass is 328 g/mol. The van der Waals surface area contributed by atoms with Crippen LogP contribution in [0.3, 0.4) is 0 Å². The van der Waals surface area contributed by atoms with Gasteiger partial charge >= 0.3 is 5.97 Å². The van der Waals surface area contributed by atoms with E-state index in [1.807, 2.05) is 0 Å². The third-order valence-electron chi connectivity index (χ3n) is 3.44. The van der Waals surface area contributed by atoms with Crippen LogP contribution in [-0.4, -0.2) is 32.0 Å². The van der Waals surface area contributed by atoms with Gasteiger partial charge in [-0.1, -0.05) is 0 Å². The van der Waals surface area contributed by atoms with Crippen molar-refractivity contribution in [3.05, 3.63) is 34.4 Å². The first-order chi connectivity index (χ1) is 10.3. The summed E-state index contributed by atoms with van der Waals surface area (Å²) in [6.45, 7) is 2.01. The first kappa shape index (κ1) is 16.4. The molecule has 1 aliphatic carbocycles. The number of sulfonamides is 1. The molecule has 22 heavy (non-hydrogen) atoms. The van der Waals surface area contributed by atoms with Gasteiger partial charge in [0.05, 0.1) is 22.3 Å². The molecule has 8 nitrogen and oxygen atoms in total. The number of hydrogen-bond donors (Lipinski definition) is 1. The highest BCUT2D eigenvalue weighted by Crippen LogP contribution is 2.30. The number of rotatable bonds is 6. The number of ether oxygens (including phenoxy) is 1. The number of benzene rings is 1. The van der Waals surface area contributed by atoms with E-state index in [4.69, 9.17) is 4.74 Å². The number of nitro groups is 1. The lowest BCUT2D eigenvalue weighted by Gasteiger charge is -2.33. The molecule has 0 saturated heterocycles. The quantitative estimate of drug-likeness (QED) is 0.477. The molecule has 2 rings (SSSR count). The summed E-state index contributed by atoms with van der Waals surface area (Å²) < 4.78 is 31.6. The van der Waals surface area contributed by atoms with E-state index >= 15 is 0 Å². The first-order valence-electron chi connectivity index (χ1n) is 6.77. The normalized spacial score (nSPS) is 21.0. The molecule has 1 N–H and O–H groups in total. The average Bonchev–Trinajstić information content (AvgIpc) is 2.42. The van der Waals surface area contributed by atoms with Gasteiger partial charge in [0.25, 0.3) is 5.69 Å². The standard InChI is InChI=1S/C13H16N2O6S/c1-2-21-13(16)9-7-10(8-9)14-22(19,20)12-5-3-11(4-6-12)15(17)18/h3-6,9-10,14H,2,7-8H2,1H3. The molecule has 1 aromatic carbocycles. The Morgan fingerprint density at radius 1 is 1.36 bits per heavy atom. The molecule has 0 aromatic heterocycles. The van der Waals surface area contributed by atoms with Crippen molar-refractivity contribution in [2.24, 2.45) is 5.92 Å². The fraction of sp³-hybridized carbons (Fsp3) is 0.462. The van der Waals surface area contributed by atoms with Crippen LogP contribution in [-0.2, 0) is 19.6 Å². The molecule has 0 bridgehead atoms. The minimum Gasteiger partial charge on any atom is -0.466 e. The maximum atomic E-state index is 12.1. The molecule has 1 aromatic rings. The lowest BCUT2D eigenvalue weighted by atomic mass is 9.81. The van der Waals surface area contributed by atoms with E-state index in [0.717, 1.165) is 12.1 Å². The Labute approximate surface area is 127 Å². The van der Waals surface area contributed by atoms with Crippen molar-refractivity contribution in [2.45, 2.75) is 30.7 Å². The van der Waals surface area contributed by atoms with Crippen LogP contribution in [0.4, 0.5) is 5.69 Å². The average molecular weight is 328 g/mol. The van der Waals surface area contributed by atoms with Crippen LogP contribution >= 0.6 is 0 Å². The van der Waals surface area contributed by atoms with E-state index in [2.05, 4.69) is 4.72 Å². The van der Waals surface area contributed by atoms with Crippen molar-refractivity contribution in [2.75, 3.05) is 6.61 Å². The SMILES string of the molecule is CCOC(=O)C1CC(NS(=O)(=O)c2ccc([N+](=O)[O-])cc2)C1.